The molecule has 7 heteroatoms. The van der Waals surface area contributed by atoms with Gasteiger partial charge in [-0.15, -0.1) is 37.2 Å². The van der Waals surface area contributed by atoms with Crippen molar-refractivity contribution in [3.05, 3.63) is 0 Å². The summed E-state index contributed by atoms with van der Waals surface area (Å²) in [7, 11) is 0. The largest absolute Gasteiger partial charge is 0.412 e. The van der Waals surface area contributed by atoms with Crippen LogP contribution in [-0.4, -0.2) is 67.1 Å². The molecule has 0 spiro atoms. The van der Waals surface area contributed by atoms with Crippen molar-refractivity contribution in [2.24, 2.45) is 5.92 Å². The number of fused-ring (bicyclic) bond motifs is 3. The summed E-state index contributed by atoms with van der Waals surface area (Å²) in [5.41, 5.74) is 0. The van der Waals surface area contributed by atoms with Crippen molar-refractivity contribution < 1.29 is 5.48 Å². The number of rotatable bonds is 1. The molecule has 0 aliphatic carbocycles. The third-order valence-corrected chi connectivity index (χ3v) is 4.24. The van der Waals surface area contributed by atoms with E-state index in [2.05, 4.69) is 15.1 Å². The highest BCUT2D eigenvalue weighted by molar-refractivity contribution is 5.86. The highest BCUT2D eigenvalue weighted by Crippen LogP contribution is 2.30. The van der Waals surface area contributed by atoms with Crippen LogP contribution in [0, 0.1) is 5.92 Å². The monoisotopic (exact) mass is 321 g/mol. The van der Waals surface area contributed by atoms with Crippen LogP contribution < -0.4 is 5.32 Å². The van der Waals surface area contributed by atoms with Crippen LogP contribution >= 0.6 is 37.2 Å². The zero-order valence-corrected chi connectivity index (χ0v) is 13.1. The summed E-state index contributed by atoms with van der Waals surface area (Å²) in [4.78, 5) is 5.39. The van der Waals surface area contributed by atoms with Crippen molar-refractivity contribution in [2.75, 3.05) is 45.8 Å². The Bertz CT molecular complexity index is 210. The minimum absolute atomic E-state index is 0. The maximum Gasteiger partial charge on any atom is 0.0253 e. The van der Waals surface area contributed by atoms with Crippen molar-refractivity contribution in [2.45, 2.75) is 18.9 Å². The fourth-order valence-electron chi connectivity index (χ4n) is 3.36. The van der Waals surface area contributed by atoms with Crippen molar-refractivity contribution >= 4 is 37.2 Å². The van der Waals surface area contributed by atoms with Crippen LogP contribution in [0.5, 0.6) is 0 Å². The molecular formula is C11H26Cl3N3O. The Labute approximate surface area is 128 Å². The second kappa shape index (κ2) is 9.59. The molecule has 18 heavy (non-hydrogen) atoms. The zero-order chi connectivity index (χ0) is 9.38. The van der Waals surface area contributed by atoms with E-state index >= 15 is 0 Å². The first-order valence-electron chi connectivity index (χ1n) is 6.10. The molecule has 112 valence electrons. The molecule has 0 amide bonds. The first kappa shape index (κ1) is 21.0. The van der Waals surface area contributed by atoms with Crippen molar-refractivity contribution in [3.8, 4) is 0 Å². The van der Waals surface area contributed by atoms with Crippen LogP contribution in [0.3, 0.4) is 0 Å². The SMILES string of the molecule is C1CN(C2CN3CCC2CC3)CCN1.Cl.Cl.Cl.O. The molecular weight excluding hydrogens is 296 g/mol. The fraction of sp³-hybridized carbons (Fsp3) is 1.00. The van der Waals surface area contributed by atoms with Gasteiger partial charge in [0, 0.05) is 38.8 Å². The molecule has 4 saturated heterocycles. The van der Waals surface area contributed by atoms with Gasteiger partial charge in [-0.2, -0.15) is 0 Å². The second-order valence-corrected chi connectivity index (χ2v) is 4.99. The average molecular weight is 323 g/mol. The Kier molecular flexibility index (Phi) is 11.2. The van der Waals surface area contributed by atoms with E-state index in [0.29, 0.717) is 0 Å². The van der Waals surface area contributed by atoms with Gasteiger partial charge in [0.1, 0.15) is 0 Å². The lowest BCUT2D eigenvalue weighted by Gasteiger charge is -2.50. The minimum Gasteiger partial charge on any atom is -0.412 e. The third-order valence-electron chi connectivity index (χ3n) is 4.24. The van der Waals surface area contributed by atoms with Gasteiger partial charge in [-0.05, 0) is 31.8 Å². The van der Waals surface area contributed by atoms with E-state index in [1.165, 1.54) is 58.7 Å². The molecule has 4 aliphatic heterocycles. The Balaban J connectivity index is 0. The van der Waals surface area contributed by atoms with Gasteiger partial charge in [-0.3, -0.25) is 4.90 Å². The van der Waals surface area contributed by atoms with Gasteiger partial charge in [0.2, 0.25) is 0 Å². The van der Waals surface area contributed by atoms with Gasteiger partial charge in [0.15, 0.2) is 0 Å². The maximum atomic E-state index is 3.44. The Hall–Kier alpha value is 0.710. The van der Waals surface area contributed by atoms with Crippen LogP contribution in [0.15, 0.2) is 0 Å². The molecule has 0 radical (unpaired) electrons. The Morgan fingerprint density at radius 2 is 1.39 bits per heavy atom. The summed E-state index contributed by atoms with van der Waals surface area (Å²) >= 11 is 0. The van der Waals surface area contributed by atoms with E-state index in [0.717, 1.165) is 12.0 Å². The summed E-state index contributed by atoms with van der Waals surface area (Å²) in [5, 5.41) is 3.44. The Morgan fingerprint density at radius 3 is 1.83 bits per heavy atom. The number of piperidine rings is 3. The predicted octanol–water partition coefficient (Wildman–Crippen LogP) is 0.426. The number of hydrogen-bond acceptors (Lipinski definition) is 3. The fourth-order valence-corrected chi connectivity index (χ4v) is 3.36. The maximum absolute atomic E-state index is 3.44. The summed E-state index contributed by atoms with van der Waals surface area (Å²) in [6.45, 7) is 9.03. The second-order valence-electron chi connectivity index (χ2n) is 4.99. The van der Waals surface area contributed by atoms with Crippen LogP contribution in [0.4, 0.5) is 0 Å². The molecule has 0 aromatic carbocycles. The van der Waals surface area contributed by atoms with Crippen LogP contribution in [-0.2, 0) is 0 Å². The van der Waals surface area contributed by atoms with E-state index in [9.17, 15) is 0 Å². The van der Waals surface area contributed by atoms with Crippen molar-refractivity contribution in [1.82, 2.24) is 15.1 Å². The number of nitrogens with one attached hydrogen (secondary N) is 1. The molecule has 1 atom stereocenters. The van der Waals surface area contributed by atoms with E-state index in [-0.39, 0.29) is 42.7 Å². The molecule has 4 heterocycles. The Morgan fingerprint density at radius 1 is 0.833 bits per heavy atom. The summed E-state index contributed by atoms with van der Waals surface area (Å²) in [5.74, 6) is 1.01. The molecule has 4 aliphatic rings. The van der Waals surface area contributed by atoms with Gasteiger partial charge >= 0.3 is 0 Å². The number of hydrogen-bond donors (Lipinski definition) is 1. The number of nitrogens with zero attached hydrogens (tertiary/aromatic N) is 2. The minimum atomic E-state index is 0. The number of piperazine rings is 1. The summed E-state index contributed by atoms with van der Waals surface area (Å²) in [6.07, 6.45) is 2.91. The van der Waals surface area contributed by atoms with Gasteiger partial charge in [0.05, 0.1) is 0 Å². The average Bonchev–Trinajstić information content (AvgIpc) is 2.32. The van der Waals surface area contributed by atoms with E-state index in [4.69, 9.17) is 0 Å². The quantitative estimate of drug-likeness (QED) is 0.761. The van der Waals surface area contributed by atoms with E-state index < -0.39 is 0 Å². The predicted molar refractivity (Wildman–Crippen MR) is 82.8 cm³/mol. The van der Waals surface area contributed by atoms with Crippen LogP contribution in [0.25, 0.3) is 0 Å². The molecule has 3 N–H and O–H groups in total. The van der Waals surface area contributed by atoms with Gasteiger partial charge in [-0.25, -0.2) is 0 Å². The summed E-state index contributed by atoms with van der Waals surface area (Å²) in [6, 6.07) is 0.889. The molecule has 4 fully saturated rings. The molecule has 0 aromatic rings. The third kappa shape index (κ3) is 4.37. The van der Waals surface area contributed by atoms with Gasteiger partial charge in [-0.1, -0.05) is 0 Å². The van der Waals surface area contributed by atoms with Crippen LogP contribution in [0.1, 0.15) is 12.8 Å². The normalized spacial score (nSPS) is 34.3. The molecule has 4 nitrogen and oxygen atoms in total. The molecule has 1 unspecified atom stereocenters. The molecule has 0 aromatic heterocycles. The van der Waals surface area contributed by atoms with Gasteiger partial charge in [0.25, 0.3) is 0 Å². The summed E-state index contributed by atoms with van der Waals surface area (Å²) < 4.78 is 0. The highest BCUT2D eigenvalue weighted by atomic mass is 35.5. The lowest BCUT2D eigenvalue weighted by molar-refractivity contribution is 0.000608. The van der Waals surface area contributed by atoms with E-state index in [1.807, 2.05) is 0 Å². The molecule has 0 saturated carbocycles. The smallest absolute Gasteiger partial charge is 0.0253 e. The zero-order valence-electron chi connectivity index (χ0n) is 10.6. The lowest BCUT2D eigenvalue weighted by Crippen LogP contribution is -2.60. The topological polar surface area (TPSA) is 50.0 Å². The van der Waals surface area contributed by atoms with Crippen molar-refractivity contribution in [1.29, 1.82) is 0 Å². The van der Waals surface area contributed by atoms with Crippen LogP contribution in [0.2, 0.25) is 0 Å². The number of halogens is 3. The highest BCUT2D eigenvalue weighted by Gasteiger charge is 2.37. The van der Waals surface area contributed by atoms with Gasteiger partial charge < -0.3 is 15.7 Å². The lowest BCUT2D eigenvalue weighted by atomic mass is 9.83. The standard InChI is InChI=1S/C11H21N3.3ClH.H2O/c1-5-13-6-2-10(1)11(9-13)14-7-3-12-4-8-14;;;;/h10-12H,1-9H2;3*1H;1H2. The molecule has 4 rings (SSSR count). The van der Waals surface area contributed by atoms with E-state index in [1.54, 1.807) is 0 Å². The molecule has 2 bridgehead atoms. The van der Waals surface area contributed by atoms with Crippen molar-refractivity contribution in [3.63, 3.8) is 0 Å². The first-order valence-corrected chi connectivity index (χ1v) is 6.10. The first-order chi connectivity index (χ1) is 6.93.